The number of nitrogens with one attached hydrogen (secondary N) is 2. The number of ether oxygens (including phenoxy) is 1. The molecule has 0 bridgehead atoms. The van der Waals surface area contributed by atoms with Crippen LogP contribution in [0.15, 0.2) is 72.8 Å². The topological polar surface area (TPSA) is 50.4 Å². The molecule has 10 heteroatoms. The minimum atomic E-state index is -5.29. The van der Waals surface area contributed by atoms with E-state index < -0.39 is 47.5 Å². The standard InChI is InChI=1S/C25H20F6N2O2/c26-18-7-1-4-15(12-18)10-11-24(35-23(34)25(29,30)31)32-21(16-5-2-8-19(27)13-16)22(33-24)17-6-3-9-20(28)14-17/h1-9,12-14,21-22,32-33H,10-11H2. The molecular weight excluding hydrogens is 474 g/mol. The van der Waals surface area contributed by atoms with Gasteiger partial charge in [0.15, 0.2) is 0 Å². The minimum Gasteiger partial charge on any atom is -0.424 e. The van der Waals surface area contributed by atoms with E-state index >= 15 is 0 Å². The molecule has 0 radical (unpaired) electrons. The van der Waals surface area contributed by atoms with Gasteiger partial charge in [-0.05, 0) is 59.5 Å². The summed E-state index contributed by atoms with van der Waals surface area (Å²) in [5.74, 6) is -6.24. The van der Waals surface area contributed by atoms with E-state index in [1.807, 2.05) is 0 Å². The molecule has 1 heterocycles. The van der Waals surface area contributed by atoms with Crippen LogP contribution in [-0.4, -0.2) is 18.0 Å². The zero-order valence-corrected chi connectivity index (χ0v) is 18.1. The Morgan fingerprint density at radius 3 is 1.74 bits per heavy atom. The van der Waals surface area contributed by atoms with Crippen LogP contribution in [0.3, 0.4) is 0 Å². The van der Waals surface area contributed by atoms with Gasteiger partial charge in [0, 0.05) is 6.42 Å². The molecular formula is C25H20F6N2O2. The van der Waals surface area contributed by atoms with Crippen molar-refractivity contribution in [2.75, 3.05) is 0 Å². The molecule has 0 aromatic heterocycles. The van der Waals surface area contributed by atoms with Gasteiger partial charge in [-0.3, -0.25) is 10.6 Å². The third kappa shape index (κ3) is 5.83. The summed E-state index contributed by atoms with van der Waals surface area (Å²) in [4.78, 5) is 11.9. The van der Waals surface area contributed by atoms with Gasteiger partial charge in [-0.2, -0.15) is 13.2 Å². The highest BCUT2D eigenvalue weighted by Crippen LogP contribution is 2.40. The van der Waals surface area contributed by atoms with Gasteiger partial charge in [0.25, 0.3) is 0 Å². The summed E-state index contributed by atoms with van der Waals surface area (Å²) in [5.41, 5.74) is 1.12. The number of halogens is 6. The molecule has 1 saturated heterocycles. The summed E-state index contributed by atoms with van der Waals surface area (Å²) in [6.07, 6.45) is -5.51. The van der Waals surface area contributed by atoms with Crippen molar-refractivity contribution in [1.82, 2.24) is 10.6 Å². The molecule has 4 nitrogen and oxygen atoms in total. The molecule has 0 spiro atoms. The van der Waals surface area contributed by atoms with E-state index in [9.17, 15) is 31.1 Å². The van der Waals surface area contributed by atoms with E-state index in [0.717, 1.165) is 0 Å². The number of benzene rings is 3. The number of alkyl halides is 3. The summed E-state index contributed by atoms with van der Waals surface area (Å²) >= 11 is 0. The maximum Gasteiger partial charge on any atom is 0.491 e. The molecule has 2 unspecified atom stereocenters. The summed E-state index contributed by atoms with van der Waals surface area (Å²) in [5, 5.41) is 5.73. The lowest BCUT2D eigenvalue weighted by atomic mass is 9.95. The largest absolute Gasteiger partial charge is 0.491 e. The second-order valence-electron chi connectivity index (χ2n) is 8.20. The van der Waals surface area contributed by atoms with Crippen LogP contribution in [0, 0.1) is 17.5 Å². The summed E-state index contributed by atoms with van der Waals surface area (Å²) < 4.78 is 86.0. The quantitative estimate of drug-likeness (QED) is 0.353. The van der Waals surface area contributed by atoms with Crippen LogP contribution in [0.25, 0.3) is 0 Å². The van der Waals surface area contributed by atoms with E-state index in [4.69, 9.17) is 4.74 Å². The first-order valence-electron chi connectivity index (χ1n) is 10.7. The number of carbonyl (C=O) groups is 1. The fraction of sp³-hybridized carbons (Fsp3) is 0.240. The second kappa shape index (κ2) is 9.71. The van der Waals surface area contributed by atoms with Crippen LogP contribution in [0.5, 0.6) is 0 Å². The molecule has 1 aliphatic rings. The van der Waals surface area contributed by atoms with Gasteiger partial charge < -0.3 is 4.74 Å². The Balaban J connectivity index is 1.74. The Morgan fingerprint density at radius 1 is 0.800 bits per heavy atom. The smallest absolute Gasteiger partial charge is 0.424 e. The lowest BCUT2D eigenvalue weighted by Gasteiger charge is -2.31. The third-order valence-corrected chi connectivity index (χ3v) is 5.68. The van der Waals surface area contributed by atoms with E-state index in [2.05, 4.69) is 10.6 Å². The van der Waals surface area contributed by atoms with E-state index in [1.165, 1.54) is 54.6 Å². The van der Waals surface area contributed by atoms with Crippen LogP contribution < -0.4 is 10.6 Å². The van der Waals surface area contributed by atoms with Crippen LogP contribution in [-0.2, 0) is 16.0 Å². The van der Waals surface area contributed by atoms with Crippen LogP contribution in [0.4, 0.5) is 26.3 Å². The molecule has 3 aromatic carbocycles. The Kier molecular flexibility index (Phi) is 6.86. The van der Waals surface area contributed by atoms with E-state index in [1.54, 1.807) is 18.2 Å². The predicted octanol–water partition coefficient (Wildman–Crippen LogP) is 5.47. The first-order valence-corrected chi connectivity index (χ1v) is 10.7. The molecule has 4 rings (SSSR count). The predicted molar refractivity (Wildman–Crippen MR) is 114 cm³/mol. The number of hydrogen-bond acceptors (Lipinski definition) is 4. The van der Waals surface area contributed by atoms with Crippen molar-refractivity contribution in [2.24, 2.45) is 0 Å². The van der Waals surface area contributed by atoms with Gasteiger partial charge >= 0.3 is 12.1 Å². The monoisotopic (exact) mass is 494 g/mol. The average molecular weight is 494 g/mol. The highest BCUT2D eigenvalue weighted by Gasteiger charge is 2.52. The van der Waals surface area contributed by atoms with Crippen molar-refractivity contribution < 1.29 is 35.9 Å². The Bertz CT molecular complexity index is 1160. The normalized spacial score (nSPS) is 22.2. The first-order chi connectivity index (χ1) is 16.5. The van der Waals surface area contributed by atoms with Crippen molar-refractivity contribution in [1.29, 1.82) is 0 Å². The zero-order valence-electron chi connectivity index (χ0n) is 18.1. The summed E-state index contributed by atoms with van der Waals surface area (Å²) in [6.45, 7) is 0. The third-order valence-electron chi connectivity index (χ3n) is 5.68. The number of aryl methyl sites for hydroxylation is 1. The molecule has 1 aliphatic heterocycles. The van der Waals surface area contributed by atoms with Gasteiger partial charge in [0.2, 0.25) is 5.85 Å². The summed E-state index contributed by atoms with van der Waals surface area (Å²) in [7, 11) is 0. The Labute approximate surface area is 196 Å². The van der Waals surface area contributed by atoms with Crippen LogP contribution >= 0.6 is 0 Å². The van der Waals surface area contributed by atoms with E-state index in [-0.39, 0.29) is 12.8 Å². The van der Waals surface area contributed by atoms with E-state index in [0.29, 0.717) is 16.7 Å². The summed E-state index contributed by atoms with van der Waals surface area (Å²) in [6, 6.07) is 14.3. The molecule has 2 atom stereocenters. The lowest BCUT2D eigenvalue weighted by Crippen LogP contribution is -2.55. The van der Waals surface area contributed by atoms with Gasteiger partial charge in [0.1, 0.15) is 17.5 Å². The molecule has 3 aromatic rings. The number of hydrogen-bond donors (Lipinski definition) is 2. The van der Waals surface area contributed by atoms with Gasteiger partial charge in [-0.15, -0.1) is 0 Å². The molecule has 1 fully saturated rings. The minimum absolute atomic E-state index is 0.0225. The first kappa shape index (κ1) is 24.7. The van der Waals surface area contributed by atoms with Crippen molar-refractivity contribution in [3.05, 3.63) is 107 Å². The maximum absolute atomic E-state index is 14.0. The number of carbonyl (C=O) groups excluding carboxylic acids is 1. The molecule has 35 heavy (non-hydrogen) atoms. The van der Waals surface area contributed by atoms with Crippen LogP contribution in [0.1, 0.15) is 35.2 Å². The number of rotatable bonds is 6. The van der Waals surface area contributed by atoms with Gasteiger partial charge in [0.05, 0.1) is 12.1 Å². The Morgan fingerprint density at radius 2 is 1.29 bits per heavy atom. The molecule has 0 aliphatic carbocycles. The molecule has 184 valence electrons. The maximum atomic E-state index is 14.0. The molecule has 0 amide bonds. The van der Waals surface area contributed by atoms with Gasteiger partial charge in [-0.1, -0.05) is 36.4 Å². The van der Waals surface area contributed by atoms with Crippen molar-refractivity contribution in [3.63, 3.8) is 0 Å². The van der Waals surface area contributed by atoms with Crippen molar-refractivity contribution in [2.45, 2.75) is 37.0 Å². The lowest BCUT2D eigenvalue weighted by molar-refractivity contribution is -0.219. The zero-order chi connectivity index (χ0) is 25.2. The average Bonchev–Trinajstić information content (AvgIpc) is 3.17. The number of esters is 1. The highest BCUT2D eigenvalue weighted by atomic mass is 19.4. The second-order valence-corrected chi connectivity index (χ2v) is 8.20. The van der Waals surface area contributed by atoms with Crippen molar-refractivity contribution >= 4 is 5.97 Å². The van der Waals surface area contributed by atoms with Gasteiger partial charge in [-0.25, -0.2) is 18.0 Å². The SMILES string of the molecule is O=C(OC1(CCc2cccc(F)c2)NC(c2cccc(F)c2)C(c2cccc(F)c2)N1)C(F)(F)F. The Hall–Kier alpha value is -3.37. The fourth-order valence-corrected chi connectivity index (χ4v) is 4.15. The highest BCUT2D eigenvalue weighted by molar-refractivity contribution is 5.76. The molecule has 2 N–H and O–H groups in total. The fourth-order valence-electron chi connectivity index (χ4n) is 4.15. The van der Waals surface area contributed by atoms with Crippen molar-refractivity contribution in [3.8, 4) is 0 Å². The molecule has 0 saturated carbocycles. The van der Waals surface area contributed by atoms with Crippen LogP contribution in [0.2, 0.25) is 0 Å².